The Morgan fingerprint density at radius 1 is 1.31 bits per heavy atom. The van der Waals surface area contributed by atoms with E-state index in [0.717, 1.165) is 24.7 Å². The van der Waals surface area contributed by atoms with Crippen LogP contribution in [-0.4, -0.2) is 15.0 Å². The first-order valence-corrected chi connectivity index (χ1v) is 6.72. The van der Waals surface area contributed by atoms with E-state index in [0.29, 0.717) is 6.04 Å². The van der Waals surface area contributed by atoms with E-state index in [9.17, 15) is 0 Å². The Kier molecular flexibility index (Phi) is 2.49. The number of nitrogens with zero attached hydrogens (tertiary/aromatic N) is 3. The van der Waals surface area contributed by atoms with Crippen molar-refractivity contribution >= 4 is 0 Å². The Balaban J connectivity index is 1.87. The maximum Gasteiger partial charge on any atom is 0.0859 e. The van der Waals surface area contributed by atoms with E-state index in [1.54, 1.807) is 0 Å². The lowest BCUT2D eigenvalue weighted by atomic mass is 10.0. The van der Waals surface area contributed by atoms with Gasteiger partial charge in [-0.25, -0.2) is 4.68 Å². The molecule has 0 bridgehead atoms. The summed E-state index contributed by atoms with van der Waals surface area (Å²) < 4.78 is 2.18. The number of hydrogen-bond donors (Lipinski definition) is 0. The molecular weight excluding hydrogens is 198 g/mol. The zero-order valence-corrected chi connectivity index (χ0v) is 10.3. The minimum atomic E-state index is 0.505. The topological polar surface area (TPSA) is 30.7 Å². The van der Waals surface area contributed by atoms with Gasteiger partial charge in [0.25, 0.3) is 0 Å². The number of aryl methyl sites for hydroxylation is 1. The fourth-order valence-corrected chi connectivity index (χ4v) is 2.99. The maximum atomic E-state index is 4.39. The zero-order chi connectivity index (χ0) is 11.1. The molecule has 0 N–H and O–H groups in total. The Bertz CT molecular complexity index is 383. The fraction of sp³-hybridized carbons (Fsp3) is 0.846. The average Bonchev–Trinajstić information content (AvgIpc) is 2.89. The normalized spacial score (nSPS) is 29.9. The highest BCUT2D eigenvalue weighted by atomic mass is 15.4. The summed E-state index contributed by atoms with van der Waals surface area (Å²) in [6.45, 7) is 4.46. The summed E-state index contributed by atoms with van der Waals surface area (Å²) in [7, 11) is 0. The highest BCUT2D eigenvalue weighted by Gasteiger charge is 2.38. The minimum absolute atomic E-state index is 0.505. The molecule has 16 heavy (non-hydrogen) atoms. The van der Waals surface area contributed by atoms with Gasteiger partial charge in [0.1, 0.15) is 0 Å². The second-order valence-electron chi connectivity index (χ2n) is 5.52. The van der Waals surface area contributed by atoms with Crippen LogP contribution >= 0.6 is 0 Å². The van der Waals surface area contributed by atoms with E-state index < -0.39 is 0 Å². The van der Waals surface area contributed by atoms with E-state index in [1.807, 2.05) is 0 Å². The van der Waals surface area contributed by atoms with Crippen LogP contribution in [0.3, 0.4) is 0 Å². The van der Waals surface area contributed by atoms with Crippen molar-refractivity contribution in [3.8, 4) is 0 Å². The molecule has 1 aromatic rings. The van der Waals surface area contributed by atoms with Crippen LogP contribution in [-0.2, 0) is 12.8 Å². The van der Waals surface area contributed by atoms with Gasteiger partial charge in [0.2, 0.25) is 0 Å². The van der Waals surface area contributed by atoms with Gasteiger partial charge in [0, 0.05) is 0 Å². The lowest BCUT2D eigenvalue weighted by molar-refractivity contribution is 0.441. The minimum Gasteiger partial charge on any atom is -0.246 e. The molecule has 0 aliphatic heterocycles. The van der Waals surface area contributed by atoms with Crippen molar-refractivity contribution in [2.45, 2.75) is 58.4 Å². The molecule has 3 atom stereocenters. The third-order valence-electron chi connectivity index (χ3n) is 4.45. The Morgan fingerprint density at radius 3 is 2.81 bits per heavy atom. The quantitative estimate of drug-likeness (QED) is 0.765. The third-order valence-corrected chi connectivity index (χ3v) is 4.45. The van der Waals surface area contributed by atoms with E-state index in [2.05, 4.69) is 28.8 Å². The number of hydrogen-bond acceptors (Lipinski definition) is 2. The van der Waals surface area contributed by atoms with Crippen LogP contribution in [0.1, 0.15) is 57.0 Å². The Morgan fingerprint density at radius 2 is 2.06 bits per heavy atom. The van der Waals surface area contributed by atoms with E-state index in [4.69, 9.17) is 0 Å². The molecule has 1 saturated carbocycles. The molecule has 3 rings (SSSR count). The number of fused-ring (bicyclic) bond motifs is 2. The van der Waals surface area contributed by atoms with E-state index in [-0.39, 0.29) is 0 Å². The van der Waals surface area contributed by atoms with E-state index >= 15 is 0 Å². The summed E-state index contributed by atoms with van der Waals surface area (Å²) in [6.07, 6.45) is 7.68. The van der Waals surface area contributed by atoms with Crippen molar-refractivity contribution in [1.82, 2.24) is 15.0 Å². The average molecular weight is 219 g/mol. The van der Waals surface area contributed by atoms with Gasteiger partial charge in [-0.1, -0.05) is 12.1 Å². The van der Waals surface area contributed by atoms with Crippen molar-refractivity contribution in [1.29, 1.82) is 0 Å². The van der Waals surface area contributed by atoms with Gasteiger partial charge in [0.15, 0.2) is 0 Å². The van der Waals surface area contributed by atoms with Crippen molar-refractivity contribution in [2.75, 3.05) is 0 Å². The summed E-state index contributed by atoms with van der Waals surface area (Å²) in [6, 6.07) is 0.505. The molecule has 0 spiro atoms. The second kappa shape index (κ2) is 3.86. The van der Waals surface area contributed by atoms with Crippen LogP contribution in [0.2, 0.25) is 0 Å². The lowest BCUT2D eigenvalue weighted by Crippen LogP contribution is -2.12. The third kappa shape index (κ3) is 1.66. The molecule has 0 amide bonds. The van der Waals surface area contributed by atoms with Crippen LogP contribution in [0, 0.1) is 11.8 Å². The van der Waals surface area contributed by atoms with Crippen LogP contribution in [0.5, 0.6) is 0 Å². The van der Waals surface area contributed by atoms with E-state index in [1.165, 1.54) is 37.1 Å². The van der Waals surface area contributed by atoms with Crippen LogP contribution in [0.25, 0.3) is 0 Å². The van der Waals surface area contributed by atoms with Gasteiger partial charge in [-0.15, -0.1) is 5.10 Å². The molecule has 0 radical (unpaired) electrons. The molecule has 1 heterocycles. The van der Waals surface area contributed by atoms with Gasteiger partial charge < -0.3 is 0 Å². The lowest BCUT2D eigenvalue weighted by Gasteiger charge is -2.14. The highest BCUT2D eigenvalue weighted by Crippen LogP contribution is 2.46. The molecule has 2 aliphatic carbocycles. The predicted molar refractivity (Wildman–Crippen MR) is 63.3 cm³/mol. The van der Waals surface area contributed by atoms with Gasteiger partial charge in [-0.3, -0.25) is 0 Å². The van der Waals surface area contributed by atoms with Gasteiger partial charge in [0.05, 0.1) is 17.4 Å². The SMILES string of the molecule is CCC(C)n1nnc2c1CC[C@@H]1C[C@@H]1CC2. The molecule has 3 nitrogen and oxygen atoms in total. The predicted octanol–water partition coefficient (Wildman–Crippen LogP) is 2.76. The van der Waals surface area contributed by atoms with Gasteiger partial charge in [-0.05, 0) is 57.3 Å². The van der Waals surface area contributed by atoms with Gasteiger partial charge >= 0.3 is 0 Å². The van der Waals surface area contributed by atoms with Gasteiger partial charge in [-0.2, -0.15) is 0 Å². The molecule has 88 valence electrons. The summed E-state index contributed by atoms with van der Waals surface area (Å²) in [4.78, 5) is 0. The highest BCUT2D eigenvalue weighted by molar-refractivity contribution is 5.14. The first-order valence-electron chi connectivity index (χ1n) is 6.72. The molecule has 0 saturated heterocycles. The van der Waals surface area contributed by atoms with Crippen LogP contribution in [0.15, 0.2) is 0 Å². The Labute approximate surface area is 97.2 Å². The van der Waals surface area contributed by atoms with Crippen molar-refractivity contribution in [3.63, 3.8) is 0 Å². The second-order valence-corrected chi connectivity index (χ2v) is 5.52. The summed E-state index contributed by atoms with van der Waals surface area (Å²) in [5, 5.41) is 8.75. The molecule has 0 aromatic carbocycles. The molecule has 1 unspecified atom stereocenters. The van der Waals surface area contributed by atoms with Crippen molar-refractivity contribution < 1.29 is 0 Å². The number of aromatic nitrogens is 3. The Hall–Kier alpha value is -0.860. The van der Waals surface area contributed by atoms with Crippen molar-refractivity contribution in [3.05, 3.63) is 11.4 Å². The summed E-state index contributed by atoms with van der Waals surface area (Å²) >= 11 is 0. The van der Waals surface area contributed by atoms with Crippen LogP contribution in [0.4, 0.5) is 0 Å². The summed E-state index contributed by atoms with van der Waals surface area (Å²) in [5.74, 6) is 2.04. The first kappa shape index (κ1) is 10.3. The smallest absolute Gasteiger partial charge is 0.0859 e. The largest absolute Gasteiger partial charge is 0.246 e. The zero-order valence-electron chi connectivity index (χ0n) is 10.3. The standard InChI is InChI=1S/C13H21N3/c1-3-9(2)16-13-7-5-11-8-10(11)4-6-12(13)14-15-16/h9-11H,3-8H2,1-2H3/t9?,10-,11+/m0/s1. The molecular formula is C13H21N3. The summed E-state index contributed by atoms with van der Waals surface area (Å²) in [5.41, 5.74) is 2.71. The maximum absolute atomic E-state index is 4.39. The molecule has 1 aromatic heterocycles. The monoisotopic (exact) mass is 219 g/mol. The molecule has 2 aliphatic rings. The van der Waals surface area contributed by atoms with Crippen molar-refractivity contribution in [2.24, 2.45) is 11.8 Å². The molecule has 3 heteroatoms. The fourth-order valence-electron chi connectivity index (χ4n) is 2.99. The molecule has 1 fully saturated rings. The van der Waals surface area contributed by atoms with Crippen LogP contribution < -0.4 is 0 Å². The first-order chi connectivity index (χ1) is 7.79. The number of rotatable bonds is 2.